The molecule has 4 aliphatic carbocycles. The van der Waals surface area contributed by atoms with E-state index in [1.165, 1.54) is 12.2 Å². The SMILES string of the molecule is CC(C)=CC(=O)OCC1=C[C@@H]2C(=O)[C@]3(C=C(C)[C@H](OC(=O)C=C(C)C)[C@@]3(O)[C@@H]1O)[C@H](C)C[C@@H]1[C@H]2C1(C)C. The number of esters is 2. The Balaban J connectivity index is 1.85. The number of hydrogen-bond donors (Lipinski definition) is 2. The van der Waals surface area contributed by atoms with Crippen LogP contribution < -0.4 is 0 Å². The highest BCUT2D eigenvalue weighted by Crippen LogP contribution is 2.71. The molecule has 7 heteroatoms. The van der Waals surface area contributed by atoms with Crippen LogP contribution in [-0.4, -0.2) is 52.4 Å². The number of rotatable bonds is 5. The highest BCUT2D eigenvalue weighted by Gasteiger charge is 2.76. The number of hydrogen-bond acceptors (Lipinski definition) is 7. The van der Waals surface area contributed by atoms with E-state index in [1.807, 2.05) is 6.92 Å². The summed E-state index contributed by atoms with van der Waals surface area (Å²) >= 11 is 0. The maximum atomic E-state index is 14.5. The Hall–Kier alpha value is -2.51. The molecule has 0 aromatic heterocycles. The molecule has 8 atom stereocenters. The number of aliphatic hydroxyl groups is 2. The van der Waals surface area contributed by atoms with Gasteiger partial charge in [0.25, 0.3) is 0 Å². The van der Waals surface area contributed by atoms with Crippen LogP contribution in [0, 0.1) is 34.5 Å². The summed E-state index contributed by atoms with van der Waals surface area (Å²) in [6, 6.07) is 0. The summed E-state index contributed by atoms with van der Waals surface area (Å²) in [5.74, 6) is -1.98. The summed E-state index contributed by atoms with van der Waals surface area (Å²) in [7, 11) is 0. The Kier molecular flexibility index (Phi) is 6.73. The molecular formula is C30H40O7. The number of Topliss-reactive ketones (excluding diaryl/α,β-unsaturated/α-hetero) is 1. The molecule has 37 heavy (non-hydrogen) atoms. The second-order valence-electron chi connectivity index (χ2n) is 12.6. The number of aliphatic hydroxyl groups excluding tert-OH is 1. The predicted molar refractivity (Wildman–Crippen MR) is 138 cm³/mol. The van der Waals surface area contributed by atoms with E-state index < -0.39 is 41.1 Å². The summed E-state index contributed by atoms with van der Waals surface area (Å²) < 4.78 is 11.2. The molecule has 0 amide bonds. The highest BCUT2D eigenvalue weighted by atomic mass is 16.6. The molecule has 2 N–H and O–H groups in total. The number of fused-ring (bicyclic) bond motifs is 3. The van der Waals surface area contributed by atoms with Gasteiger partial charge in [-0.25, -0.2) is 9.59 Å². The number of allylic oxidation sites excluding steroid dienone is 3. The van der Waals surface area contributed by atoms with Crippen molar-refractivity contribution in [3.63, 3.8) is 0 Å². The van der Waals surface area contributed by atoms with E-state index in [9.17, 15) is 24.6 Å². The van der Waals surface area contributed by atoms with E-state index >= 15 is 0 Å². The van der Waals surface area contributed by atoms with Crippen LogP contribution in [0.15, 0.2) is 46.6 Å². The number of ether oxygens (including phenoxy) is 2. The largest absolute Gasteiger partial charge is 0.458 e. The Morgan fingerprint density at radius 2 is 1.70 bits per heavy atom. The van der Waals surface area contributed by atoms with Crippen molar-refractivity contribution in [3.05, 3.63) is 46.6 Å². The molecule has 0 saturated heterocycles. The molecule has 7 nitrogen and oxygen atoms in total. The lowest BCUT2D eigenvalue weighted by Gasteiger charge is -2.48. The third kappa shape index (κ3) is 4.06. The zero-order chi connectivity index (χ0) is 27.7. The lowest BCUT2D eigenvalue weighted by atomic mass is 9.59. The van der Waals surface area contributed by atoms with Gasteiger partial charge in [0.05, 0.1) is 5.41 Å². The van der Waals surface area contributed by atoms with Crippen molar-refractivity contribution in [1.82, 2.24) is 0 Å². The summed E-state index contributed by atoms with van der Waals surface area (Å²) in [4.78, 5) is 39.5. The number of carbonyl (C=O) groups excluding carboxylic acids is 3. The Morgan fingerprint density at radius 1 is 1.11 bits per heavy atom. The fourth-order valence-corrected chi connectivity index (χ4v) is 7.40. The Bertz CT molecular complexity index is 1150. The molecule has 2 bridgehead atoms. The molecule has 202 valence electrons. The monoisotopic (exact) mass is 512 g/mol. The molecule has 4 rings (SSSR count). The van der Waals surface area contributed by atoms with Crippen LogP contribution in [0.5, 0.6) is 0 Å². The molecule has 0 unspecified atom stereocenters. The molecule has 1 spiro atoms. The van der Waals surface area contributed by atoms with E-state index in [2.05, 4.69) is 13.8 Å². The first-order chi connectivity index (χ1) is 17.1. The van der Waals surface area contributed by atoms with Gasteiger partial charge in [-0.15, -0.1) is 0 Å². The van der Waals surface area contributed by atoms with E-state index in [4.69, 9.17) is 9.47 Å². The van der Waals surface area contributed by atoms with Crippen LogP contribution >= 0.6 is 0 Å². The molecular weight excluding hydrogens is 472 g/mol. The minimum atomic E-state index is -2.15. The van der Waals surface area contributed by atoms with E-state index in [-0.39, 0.29) is 41.1 Å². The van der Waals surface area contributed by atoms with E-state index in [1.54, 1.807) is 46.8 Å². The van der Waals surface area contributed by atoms with Gasteiger partial charge in [-0.2, -0.15) is 0 Å². The van der Waals surface area contributed by atoms with Gasteiger partial charge in [0, 0.05) is 18.1 Å². The summed E-state index contributed by atoms with van der Waals surface area (Å²) in [6.45, 7) is 14.7. The third-order valence-corrected chi connectivity index (χ3v) is 9.14. The van der Waals surface area contributed by atoms with Crippen LogP contribution in [-0.2, 0) is 23.9 Å². The summed E-state index contributed by atoms with van der Waals surface area (Å²) in [5, 5.41) is 24.4. The maximum Gasteiger partial charge on any atom is 0.331 e. The van der Waals surface area contributed by atoms with Gasteiger partial charge in [-0.05, 0) is 75.4 Å². The van der Waals surface area contributed by atoms with Crippen molar-refractivity contribution >= 4 is 17.7 Å². The lowest BCUT2D eigenvalue weighted by molar-refractivity contribution is -0.201. The minimum absolute atomic E-state index is 0.0424. The van der Waals surface area contributed by atoms with Crippen LogP contribution in [0.25, 0.3) is 0 Å². The van der Waals surface area contributed by atoms with Gasteiger partial charge in [-0.1, -0.05) is 44.1 Å². The molecule has 2 fully saturated rings. The van der Waals surface area contributed by atoms with Crippen molar-refractivity contribution in [1.29, 1.82) is 0 Å². The number of ketones is 1. The second-order valence-corrected chi connectivity index (χ2v) is 12.6. The average molecular weight is 513 g/mol. The summed E-state index contributed by atoms with van der Waals surface area (Å²) in [5.41, 5.74) is -1.42. The minimum Gasteiger partial charge on any atom is -0.458 e. The van der Waals surface area contributed by atoms with Crippen molar-refractivity contribution in [3.8, 4) is 0 Å². The standard InChI is InChI=1S/C30H40O7/c1-15(2)9-22(31)36-14-19-12-20-24-21(28(24,7)8)11-18(6)29(26(20)34)13-17(5)27(30(29,35)25(19)33)37-23(32)10-16(3)4/h9-10,12-13,18,20-21,24-25,27,33,35H,11,14H2,1-8H3/t18-,20+,21-,24+,25-,27+,29+,30+/m1/s1. The molecule has 0 aromatic carbocycles. The second kappa shape index (κ2) is 9.05. The number of carbonyl (C=O) groups is 3. The molecule has 2 saturated carbocycles. The Labute approximate surface area is 219 Å². The lowest BCUT2D eigenvalue weighted by Crippen LogP contribution is -2.65. The topological polar surface area (TPSA) is 110 Å². The van der Waals surface area contributed by atoms with Crippen molar-refractivity contribution in [2.45, 2.75) is 79.6 Å². The van der Waals surface area contributed by atoms with Crippen molar-refractivity contribution in [2.24, 2.45) is 34.5 Å². The maximum absolute atomic E-state index is 14.5. The quantitative estimate of drug-likeness (QED) is 0.327. The predicted octanol–water partition coefficient (Wildman–Crippen LogP) is 3.85. The molecule has 0 aliphatic heterocycles. The molecule has 0 aromatic rings. The third-order valence-electron chi connectivity index (χ3n) is 9.14. The van der Waals surface area contributed by atoms with Gasteiger partial charge in [0.15, 0.2) is 17.5 Å². The van der Waals surface area contributed by atoms with Crippen LogP contribution in [0.2, 0.25) is 0 Å². The van der Waals surface area contributed by atoms with Gasteiger partial charge in [0.2, 0.25) is 0 Å². The van der Waals surface area contributed by atoms with E-state index in [0.29, 0.717) is 12.0 Å². The van der Waals surface area contributed by atoms with Crippen LogP contribution in [0.4, 0.5) is 0 Å². The fraction of sp³-hybridized carbons (Fsp3) is 0.633. The van der Waals surface area contributed by atoms with Crippen molar-refractivity contribution < 1.29 is 34.1 Å². The van der Waals surface area contributed by atoms with Crippen LogP contribution in [0.1, 0.15) is 61.8 Å². The van der Waals surface area contributed by atoms with E-state index in [0.717, 1.165) is 11.1 Å². The first-order valence-electron chi connectivity index (χ1n) is 13.1. The van der Waals surface area contributed by atoms with Crippen molar-refractivity contribution in [2.75, 3.05) is 6.61 Å². The zero-order valence-corrected chi connectivity index (χ0v) is 23.1. The zero-order valence-electron chi connectivity index (χ0n) is 23.1. The van der Waals surface area contributed by atoms with Gasteiger partial charge in [-0.3, -0.25) is 4.79 Å². The summed E-state index contributed by atoms with van der Waals surface area (Å²) in [6.07, 6.45) is 3.98. The normalized spacial score (nSPS) is 39.0. The van der Waals surface area contributed by atoms with Gasteiger partial charge in [0.1, 0.15) is 12.7 Å². The molecule has 0 radical (unpaired) electrons. The van der Waals surface area contributed by atoms with Gasteiger partial charge >= 0.3 is 11.9 Å². The van der Waals surface area contributed by atoms with Crippen LogP contribution in [0.3, 0.4) is 0 Å². The first-order valence-corrected chi connectivity index (χ1v) is 13.1. The highest BCUT2D eigenvalue weighted by molar-refractivity contribution is 5.95. The molecule has 0 heterocycles. The first kappa shape index (κ1) is 27.5. The average Bonchev–Trinajstić information content (AvgIpc) is 3.26. The smallest absolute Gasteiger partial charge is 0.331 e. The molecule has 4 aliphatic rings. The Morgan fingerprint density at radius 3 is 2.30 bits per heavy atom. The van der Waals surface area contributed by atoms with Gasteiger partial charge < -0.3 is 19.7 Å². The fourth-order valence-electron chi connectivity index (χ4n) is 7.40.